The largest absolute Gasteiger partial charge is 0.497 e. The number of methoxy groups -OCH3 is 1. The maximum Gasteiger partial charge on any atom is 0.291 e. The van der Waals surface area contributed by atoms with Crippen LogP contribution in [0, 0.1) is 6.92 Å². The lowest BCUT2D eigenvalue weighted by atomic mass is 9.93. The number of carbonyl (C=O) groups excluding carboxylic acids is 2. The molecule has 0 atom stereocenters. The molecule has 0 radical (unpaired) electrons. The maximum absolute atomic E-state index is 12.8. The molecule has 2 aromatic carbocycles. The topological polar surface area (TPSA) is 92.9 Å². The summed E-state index contributed by atoms with van der Waals surface area (Å²) >= 11 is 6.15. The number of furan rings is 1. The summed E-state index contributed by atoms with van der Waals surface area (Å²) in [5, 5.41) is 7.58. The van der Waals surface area contributed by atoms with Gasteiger partial charge < -0.3 is 14.5 Å². The number of hydrazone groups is 1. The third kappa shape index (κ3) is 4.38. The molecule has 4 rings (SSSR count). The summed E-state index contributed by atoms with van der Waals surface area (Å²) in [6, 6.07) is 13.8. The summed E-state index contributed by atoms with van der Waals surface area (Å²) in [4.78, 5) is 25.4. The first-order valence-corrected chi connectivity index (χ1v) is 10.5. The van der Waals surface area contributed by atoms with Gasteiger partial charge in [0.25, 0.3) is 11.8 Å². The summed E-state index contributed by atoms with van der Waals surface area (Å²) in [7, 11) is 1.54. The predicted molar refractivity (Wildman–Crippen MR) is 123 cm³/mol. The van der Waals surface area contributed by atoms with Crippen LogP contribution in [0.25, 0.3) is 0 Å². The predicted octanol–water partition coefficient (Wildman–Crippen LogP) is 4.97. The molecule has 7 nitrogen and oxygen atoms in total. The SMILES string of the molecule is COc1cccc(C(=O)N/N=C2\CCCc3oc(C(=O)Nc4ccccc4Cl)c(C)c32)c1. The lowest BCUT2D eigenvalue weighted by molar-refractivity contribution is 0.0953. The molecule has 1 heterocycles. The Balaban J connectivity index is 1.57. The van der Waals surface area contributed by atoms with E-state index in [1.165, 1.54) is 0 Å². The lowest BCUT2D eigenvalue weighted by Gasteiger charge is -2.13. The highest BCUT2D eigenvalue weighted by Gasteiger charge is 2.28. The molecule has 0 fully saturated rings. The number of para-hydroxylation sites is 1. The van der Waals surface area contributed by atoms with Crippen LogP contribution in [0.5, 0.6) is 5.75 Å². The van der Waals surface area contributed by atoms with E-state index in [1.54, 1.807) is 55.6 Å². The molecule has 1 aliphatic rings. The number of nitrogens with zero attached hydrogens (tertiary/aromatic N) is 1. The van der Waals surface area contributed by atoms with Crippen molar-refractivity contribution in [3.05, 3.63) is 81.8 Å². The van der Waals surface area contributed by atoms with Gasteiger partial charge in [-0.05, 0) is 50.1 Å². The molecule has 0 aliphatic heterocycles. The van der Waals surface area contributed by atoms with Crippen LogP contribution in [0.3, 0.4) is 0 Å². The van der Waals surface area contributed by atoms with Gasteiger partial charge in [-0.2, -0.15) is 5.10 Å². The number of fused-ring (bicyclic) bond motifs is 1. The number of hydrogen-bond donors (Lipinski definition) is 2. The average Bonchev–Trinajstić information content (AvgIpc) is 3.16. The molecule has 8 heteroatoms. The van der Waals surface area contributed by atoms with Crippen molar-refractivity contribution in [2.24, 2.45) is 5.10 Å². The van der Waals surface area contributed by atoms with E-state index in [2.05, 4.69) is 15.8 Å². The number of amides is 2. The molecular formula is C24H22ClN3O4. The highest BCUT2D eigenvalue weighted by molar-refractivity contribution is 6.33. The normalized spacial score (nSPS) is 14.0. The first-order chi connectivity index (χ1) is 15.5. The van der Waals surface area contributed by atoms with Crippen LogP contribution in [-0.4, -0.2) is 24.6 Å². The first-order valence-electron chi connectivity index (χ1n) is 10.2. The van der Waals surface area contributed by atoms with Crippen LogP contribution in [0.15, 0.2) is 58.0 Å². The quantitative estimate of drug-likeness (QED) is 0.535. The Morgan fingerprint density at radius 3 is 2.69 bits per heavy atom. The molecule has 0 saturated carbocycles. The van der Waals surface area contributed by atoms with Gasteiger partial charge in [-0.3, -0.25) is 9.59 Å². The number of nitrogens with one attached hydrogen (secondary N) is 2. The molecule has 0 unspecified atom stereocenters. The van der Waals surface area contributed by atoms with Crippen molar-refractivity contribution < 1.29 is 18.7 Å². The van der Waals surface area contributed by atoms with Crippen LogP contribution < -0.4 is 15.5 Å². The van der Waals surface area contributed by atoms with Crippen LogP contribution >= 0.6 is 11.6 Å². The number of carbonyl (C=O) groups is 2. The minimum Gasteiger partial charge on any atom is -0.497 e. The Morgan fingerprint density at radius 1 is 1.09 bits per heavy atom. The van der Waals surface area contributed by atoms with Gasteiger partial charge in [0, 0.05) is 23.1 Å². The lowest BCUT2D eigenvalue weighted by Crippen LogP contribution is -2.22. The number of rotatable bonds is 5. The third-order valence-electron chi connectivity index (χ3n) is 5.28. The fraction of sp³-hybridized carbons (Fsp3) is 0.208. The zero-order chi connectivity index (χ0) is 22.7. The van der Waals surface area contributed by atoms with E-state index in [4.69, 9.17) is 20.8 Å². The Labute approximate surface area is 190 Å². The van der Waals surface area contributed by atoms with Crippen LogP contribution in [-0.2, 0) is 6.42 Å². The molecule has 0 spiro atoms. The van der Waals surface area contributed by atoms with E-state index < -0.39 is 0 Å². The molecule has 164 valence electrons. The number of benzene rings is 2. The van der Waals surface area contributed by atoms with Crippen molar-refractivity contribution in [1.82, 2.24) is 5.43 Å². The van der Waals surface area contributed by atoms with Crippen molar-refractivity contribution in [2.45, 2.75) is 26.2 Å². The van der Waals surface area contributed by atoms with Gasteiger partial charge in [-0.1, -0.05) is 29.8 Å². The van der Waals surface area contributed by atoms with Crippen LogP contribution in [0.2, 0.25) is 5.02 Å². The Kier molecular flexibility index (Phi) is 6.28. The maximum atomic E-state index is 12.8. The van der Waals surface area contributed by atoms with E-state index in [0.29, 0.717) is 51.9 Å². The molecule has 3 aromatic rings. The highest BCUT2D eigenvalue weighted by Crippen LogP contribution is 2.31. The molecule has 0 saturated heterocycles. The number of halogens is 1. The van der Waals surface area contributed by atoms with E-state index in [9.17, 15) is 9.59 Å². The molecule has 1 aliphatic carbocycles. The highest BCUT2D eigenvalue weighted by atomic mass is 35.5. The van der Waals surface area contributed by atoms with Crippen molar-refractivity contribution in [3.8, 4) is 5.75 Å². The number of anilines is 1. The van der Waals surface area contributed by atoms with Gasteiger partial charge in [0.15, 0.2) is 5.76 Å². The molecule has 32 heavy (non-hydrogen) atoms. The summed E-state index contributed by atoms with van der Waals surface area (Å²) in [5.41, 5.74) is 5.68. The van der Waals surface area contributed by atoms with Crippen molar-refractivity contribution >= 4 is 34.8 Å². The van der Waals surface area contributed by atoms with Crippen LogP contribution in [0.1, 0.15) is 50.6 Å². The first kappa shape index (κ1) is 21.6. The Bertz CT molecular complexity index is 1220. The molecule has 1 aromatic heterocycles. The van der Waals surface area contributed by atoms with E-state index in [1.807, 2.05) is 6.92 Å². The molecule has 2 amide bonds. The van der Waals surface area contributed by atoms with Gasteiger partial charge in [-0.25, -0.2) is 5.43 Å². The standard InChI is InChI=1S/C24H22ClN3O4/c1-14-21-19(27-28-23(29)15-7-5-8-16(13-15)31-2)11-6-12-20(21)32-22(14)24(30)26-18-10-4-3-9-17(18)25/h3-5,7-10,13H,6,11-12H2,1-2H3,(H,26,30)(H,28,29)/b27-19+. The molecule has 2 N–H and O–H groups in total. The zero-order valence-electron chi connectivity index (χ0n) is 17.7. The minimum absolute atomic E-state index is 0.212. The van der Waals surface area contributed by atoms with Crippen molar-refractivity contribution in [3.63, 3.8) is 0 Å². The Morgan fingerprint density at radius 2 is 1.91 bits per heavy atom. The van der Waals surface area contributed by atoms with Gasteiger partial charge >= 0.3 is 0 Å². The minimum atomic E-state index is -0.384. The smallest absolute Gasteiger partial charge is 0.291 e. The van der Waals surface area contributed by atoms with E-state index >= 15 is 0 Å². The third-order valence-corrected chi connectivity index (χ3v) is 5.61. The summed E-state index contributed by atoms with van der Waals surface area (Å²) in [6.07, 6.45) is 2.16. The van der Waals surface area contributed by atoms with Crippen molar-refractivity contribution in [2.75, 3.05) is 12.4 Å². The van der Waals surface area contributed by atoms with Gasteiger partial charge in [0.2, 0.25) is 0 Å². The van der Waals surface area contributed by atoms with Gasteiger partial charge in [-0.15, -0.1) is 0 Å². The second-order valence-electron chi connectivity index (χ2n) is 7.37. The molecular weight excluding hydrogens is 430 g/mol. The summed E-state index contributed by atoms with van der Waals surface area (Å²) in [5.74, 6) is 0.757. The van der Waals surface area contributed by atoms with E-state index in [0.717, 1.165) is 12.0 Å². The van der Waals surface area contributed by atoms with Crippen LogP contribution in [0.4, 0.5) is 5.69 Å². The van der Waals surface area contributed by atoms with Crippen molar-refractivity contribution in [1.29, 1.82) is 0 Å². The van der Waals surface area contributed by atoms with E-state index in [-0.39, 0.29) is 17.6 Å². The number of hydrogen-bond acceptors (Lipinski definition) is 5. The van der Waals surface area contributed by atoms with Gasteiger partial charge in [0.1, 0.15) is 11.5 Å². The summed E-state index contributed by atoms with van der Waals surface area (Å²) in [6.45, 7) is 1.81. The monoisotopic (exact) mass is 451 g/mol. The molecule has 0 bridgehead atoms. The number of ether oxygens (including phenoxy) is 1. The zero-order valence-corrected chi connectivity index (χ0v) is 18.5. The average molecular weight is 452 g/mol. The fourth-order valence-electron chi connectivity index (χ4n) is 3.69. The Hall–Kier alpha value is -3.58. The fourth-order valence-corrected chi connectivity index (χ4v) is 3.87. The van der Waals surface area contributed by atoms with Gasteiger partial charge in [0.05, 0.1) is 23.5 Å². The number of aryl methyl sites for hydroxylation is 1. The second kappa shape index (κ2) is 9.28. The summed E-state index contributed by atoms with van der Waals surface area (Å²) < 4.78 is 11.1. The second-order valence-corrected chi connectivity index (χ2v) is 7.78.